The smallest absolute Gasteiger partial charge is 0.225 e. The molecule has 3 N–H and O–H groups in total. The third kappa shape index (κ3) is 4.80. The molecule has 0 saturated heterocycles. The minimum atomic E-state index is -0.287. The maximum Gasteiger partial charge on any atom is 0.225 e. The molecule has 0 aliphatic carbocycles. The van der Waals surface area contributed by atoms with Gasteiger partial charge in [-0.25, -0.2) is 9.37 Å². The van der Waals surface area contributed by atoms with Crippen LogP contribution in [0.15, 0.2) is 48.8 Å². The van der Waals surface area contributed by atoms with Gasteiger partial charge in [-0.1, -0.05) is 19.9 Å². The van der Waals surface area contributed by atoms with Gasteiger partial charge >= 0.3 is 0 Å². The largest absolute Gasteiger partial charge is 0.394 e. The molecule has 0 radical (unpaired) electrons. The van der Waals surface area contributed by atoms with Gasteiger partial charge in [0.25, 0.3) is 0 Å². The van der Waals surface area contributed by atoms with E-state index in [1.54, 1.807) is 37.5 Å². The van der Waals surface area contributed by atoms with Crippen molar-refractivity contribution < 1.29 is 9.50 Å². The molecule has 7 heteroatoms. The molecule has 0 saturated carbocycles. The molecule has 0 bridgehead atoms. The van der Waals surface area contributed by atoms with E-state index in [-0.39, 0.29) is 24.4 Å². The number of aromatic nitrogens is 3. The number of pyridine rings is 1. The summed E-state index contributed by atoms with van der Waals surface area (Å²) in [5, 5.41) is 15.9. The van der Waals surface area contributed by atoms with Crippen molar-refractivity contribution in [1.82, 2.24) is 15.0 Å². The highest BCUT2D eigenvalue weighted by Gasteiger charge is 2.15. The Bertz CT molecular complexity index is 933. The monoisotopic (exact) mass is 381 g/mol. The second kappa shape index (κ2) is 8.75. The molecule has 28 heavy (non-hydrogen) atoms. The zero-order chi connectivity index (χ0) is 20.1. The van der Waals surface area contributed by atoms with E-state index in [0.29, 0.717) is 28.7 Å². The van der Waals surface area contributed by atoms with Crippen LogP contribution in [0.2, 0.25) is 0 Å². The van der Waals surface area contributed by atoms with Gasteiger partial charge in [-0.3, -0.25) is 4.98 Å². The maximum atomic E-state index is 13.9. The number of nitrogens with zero attached hydrogens (tertiary/aromatic N) is 3. The molecule has 0 unspecified atom stereocenters. The lowest BCUT2D eigenvalue weighted by molar-refractivity contribution is 0.248. The van der Waals surface area contributed by atoms with Gasteiger partial charge in [-0.05, 0) is 42.7 Å². The average Bonchev–Trinajstić information content (AvgIpc) is 2.69. The zero-order valence-electron chi connectivity index (χ0n) is 16.1. The molecule has 6 nitrogen and oxygen atoms in total. The van der Waals surface area contributed by atoms with Crippen molar-refractivity contribution in [2.75, 3.05) is 17.2 Å². The van der Waals surface area contributed by atoms with E-state index in [1.165, 1.54) is 6.07 Å². The van der Waals surface area contributed by atoms with Crippen molar-refractivity contribution in [3.63, 3.8) is 0 Å². The molecule has 2 heterocycles. The normalized spacial score (nSPS) is 12.1. The molecule has 3 aromatic rings. The van der Waals surface area contributed by atoms with Crippen molar-refractivity contribution in [2.45, 2.75) is 26.8 Å². The fraction of sp³-hybridized carbons (Fsp3) is 0.286. The van der Waals surface area contributed by atoms with E-state index in [2.05, 4.69) is 25.6 Å². The predicted octanol–water partition coefficient (Wildman–Crippen LogP) is 4.16. The molecule has 2 aromatic heterocycles. The lowest BCUT2D eigenvalue weighted by Crippen LogP contribution is -2.30. The molecule has 0 amide bonds. The van der Waals surface area contributed by atoms with E-state index < -0.39 is 0 Å². The van der Waals surface area contributed by atoms with Crippen molar-refractivity contribution in [1.29, 1.82) is 0 Å². The lowest BCUT2D eigenvalue weighted by atomic mass is 10.1. The van der Waals surface area contributed by atoms with E-state index in [4.69, 9.17) is 0 Å². The number of aryl methyl sites for hydroxylation is 1. The van der Waals surface area contributed by atoms with Crippen LogP contribution in [0, 0.1) is 18.7 Å². The highest BCUT2D eigenvalue weighted by atomic mass is 19.1. The van der Waals surface area contributed by atoms with Crippen molar-refractivity contribution in [3.05, 3.63) is 60.2 Å². The lowest BCUT2D eigenvalue weighted by Gasteiger charge is -2.20. The number of benzene rings is 1. The van der Waals surface area contributed by atoms with Gasteiger partial charge in [-0.2, -0.15) is 4.98 Å². The van der Waals surface area contributed by atoms with Gasteiger partial charge in [0, 0.05) is 29.7 Å². The number of hydrogen-bond acceptors (Lipinski definition) is 6. The fourth-order valence-corrected chi connectivity index (χ4v) is 2.65. The quantitative estimate of drug-likeness (QED) is 0.570. The summed E-state index contributed by atoms with van der Waals surface area (Å²) in [5.41, 5.74) is 2.67. The number of rotatable bonds is 7. The maximum absolute atomic E-state index is 13.9. The standard InChI is InChI=1S/C21H24FN5O/c1-13(2)19(12-28)26-21-25-18(15-5-4-8-23-11-15)10-20(27-21)24-16-7-6-14(3)17(22)9-16/h4-11,13,19,28H,12H2,1-3H3,(H2,24,25,26,27)/t19-/m0/s1. The van der Waals surface area contributed by atoms with Gasteiger partial charge in [0.05, 0.1) is 18.3 Å². The van der Waals surface area contributed by atoms with Crippen LogP contribution in [0.25, 0.3) is 11.3 Å². The van der Waals surface area contributed by atoms with Gasteiger partial charge < -0.3 is 15.7 Å². The molecule has 0 spiro atoms. The molecule has 146 valence electrons. The summed E-state index contributed by atoms with van der Waals surface area (Å²) < 4.78 is 13.9. The zero-order valence-corrected chi connectivity index (χ0v) is 16.1. The topological polar surface area (TPSA) is 83.0 Å². The van der Waals surface area contributed by atoms with Gasteiger partial charge in [0.2, 0.25) is 5.95 Å². The van der Waals surface area contributed by atoms with Crippen LogP contribution in [-0.2, 0) is 0 Å². The van der Waals surface area contributed by atoms with Crippen LogP contribution >= 0.6 is 0 Å². The SMILES string of the molecule is Cc1ccc(Nc2cc(-c3cccnc3)nc(N[C@@H](CO)C(C)C)n2)cc1F. The number of aliphatic hydroxyl groups is 1. The van der Waals surface area contributed by atoms with Crippen LogP contribution in [0.3, 0.4) is 0 Å². The Morgan fingerprint density at radius 2 is 1.96 bits per heavy atom. The first-order chi connectivity index (χ1) is 13.5. The first-order valence-electron chi connectivity index (χ1n) is 9.16. The Morgan fingerprint density at radius 3 is 2.61 bits per heavy atom. The molecular weight excluding hydrogens is 357 g/mol. The Hall–Kier alpha value is -3.06. The highest BCUT2D eigenvalue weighted by molar-refractivity contribution is 5.67. The number of aliphatic hydroxyl groups excluding tert-OH is 1. The first kappa shape index (κ1) is 19.7. The summed E-state index contributed by atoms with van der Waals surface area (Å²) in [6.45, 7) is 5.69. The van der Waals surface area contributed by atoms with Crippen LogP contribution in [0.5, 0.6) is 0 Å². The van der Waals surface area contributed by atoms with Gasteiger partial charge in [0.15, 0.2) is 0 Å². The molecule has 0 aliphatic heterocycles. The summed E-state index contributed by atoms with van der Waals surface area (Å²) in [4.78, 5) is 13.2. The fourth-order valence-electron chi connectivity index (χ4n) is 2.65. The summed E-state index contributed by atoms with van der Waals surface area (Å²) in [5.74, 6) is 0.799. The van der Waals surface area contributed by atoms with Crippen LogP contribution < -0.4 is 10.6 Å². The minimum Gasteiger partial charge on any atom is -0.394 e. The van der Waals surface area contributed by atoms with Crippen molar-refractivity contribution >= 4 is 17.5 Å². The van der Waals surface area contributed by atoms with Crippen LogP contribution in [0.4, 0.5) is 21.8 Å². The summed E-state index contributed by atoms with van der Waals surface area (Å²) in [7, 11) is 0. The van der Waals surface area contributed by atoms with Gasteiger partial charge in [0.1, 0.15) is 11.6 Å². The Balaban J connectivity index is 1.97. The molecule has 0 fully saturated rings. The van der Waals surface area contributed by atoms with Crippen molar-refractivity contribution in [2.24, 2.45) is 5.92 Å². The summed E-state index contributed by atoms with van der Waals surface area (Å²) in [6.07, 6.45) is 3.41. The van der Waals surface area contributed by atoms with E-state index in [0.717, 1.165) is 5.56 Å². The van der Waals surface area contributed by atoms with E-state index >= 15 is 0 Å². The molecule has 3 rings (SSSR count). The second-order valence-electron chi connectivity index (χ2n) is 6.97. The van der Waals surface area contributed by atoms with Gasteiger partial charge in [-0.15, -0.1) is 0 Å². The Morgan fingerprint density at radius 1 is 1.14 bits per heavy atom. The third-order valence-electron chi connectivity index (χ3n) is 4.44. The molecule has 1 aromatic carbocycles. The van der Waals surface area contributed by atoms with E-state index in [9.17, 15) is 9.50 Å². The van der Waals surface area contributed by atoms with Crippen molar-refractivity contribution in [3.8, 4) is 11.3 Å². The van der Waals surface area contributed by atoms with Crippen LogP contribution in [-0.4, -0.2) is 32.7 Å². The van der Waals surface area contributed by atoms with E-state index in [1.807, 2.05) is 26.0 Å². The molecular formula is C21H24FN5O. The third-order valence-corrected chi connectivity index (χ3v) is 4.44. The minimum absolute atomic E-state index is 0.0376. The number of nitrogens with one attached hydrogen (secondary N) is 2. The first-order valence-corrected chi connectivity index (χ1v) is 9.16. The summed E-state index contributed by atoms with van der Waals surface area (Å²) in [6, 6.07) is 10.3. The highest BCUT2D eigenvalue weighted by Crippen LogP contribution is 2.24. The number of halogens is 1. The Kier molecular flexibility index (Phi) is 6.16. The second-order valence-corrected chi connectivity index (χ2v) is 6.97. The number of hydrogen-bond donors (Lipinski definition) is 3. The average molecular weight is 381 g/mol. The van der Waals surface area contributed by atoms with Crippen LogP contribution in [0.1, 0.15) is 19.4 Å². The molecule has 0 aliphatic rings. The Labute approximate surface area is 163 Å². The molecule has 1 atom stereocenters. The predicted molar refractivity (Wildman–Crippen MR) is 109 cm³/mol. The summed E-state index contributed by atoms with van der Waals surface area (Å²) >= 11 is 0. The number of anilines is 3.